The second kappa shape index (κ2) is 7.67. The van der Waals surface area contributed by atoms with E-state index in [4.69, 9.17) is 0 Å². The van der Waals surface area contributed by atoms with E-state index in [-0.39, 0.29) is 30.1 Å². The zero-order valence-electron chi connectivity index (χ0n) is 15.8. The molecule has 1 amide bonds. The molecule has 0 aliphatic heterocycles. The van der Waals surface area contributed by atoms with Crippen LogP contribution in [0.1, 0.15) is 12.7 Å². The van der Waals surface area contributed by atoms with Crippen molar-refractivity contribution in [1.82, 2.24) is 24.4 Å². The SMILES string of the molecule is CCN(Cc1nc2ccccc2c(=O)[nH]1)C(=O)Cn1cnc2ccccc2c1=O. The molecule has 0 saturated heterocycles. The van der Waals surface area contributed by atoms with Gasteiger partial charge in [-0.05, 0) is 31.2 Å². The molecule has 0 spiro atoms. The molecule has 0 aliphatic rings. The first-order valence-electron chi connectivity index (χ1n) is 9.26. The first kappa shape index (κ1) is 18.5. The highest BCUT2D eigenvalue weighted by atomic mass is 16.2. The lowest BCUT2D eigenvalue weighted by Gasteiger charge is -2.21. The van der Waals surface area contributed by atoms with Gasteiger partial charge in [0.25, 0.3) is 11.1 Å². The highest BCUT2D eigenvalue weighted by molar-refractivity contribution is 5.79. The summed E-state index contributed by atoms with van der Waals surface area (Å²) in [5.74, 6) is 0.135. The van der Waals surface area contributed by atoms with Crippen LogP contribution in [0.3, 0.4) is 0 Å². The van der Waals surface area contributed by atoms with Crippen LogP contribution in [0.2, 0.25) is 0 Å². The van der Waals surface area contributed by atoms with Gasteiger partial charge in [-0.3, -0.25) is 19.0 Å². The highest BCUT2D eigenvalue weighted by Gasteiger charge is 2.16. The molecule has 146 valence electrons. The van der Waals surface area contributed by atoms with Gasteiger partial charge in [-0.2, -0.15) is 0 Å². The van der Waals surface area contributed by atoms with Crippen LogP contribution in [0.15, 0.2) is 64.4 Å². The Morgan fingerprint density at radius 3 is 2.48 bits per heavy atom. The fourth-order valence-electron chi connectivity index (χ4n) is 3.23. The number of nitrogens with one attached hydrogen (secondary N) is 1. The lowest BCUT2D eigenvalue weighted by molar-refractivity contribution is -0.132. The Kier molecular flexibility index (Phi) is 4.90. The molecule has 0 unspecified atom stereocenters. The summed E-state index contributed by atoms with van der Waals surface area (Å²) in [7, 11) is 0. The van der Waals surface area contributed by atoms with Gasteiger partial charge >= 0.3 is 0 Å². The molecule has 2 heterocycles. The number of carbonyl (C=O) groups is 1. The number of carbonyl (C=O) groups excluding carboxylic acids is 1. The first-order valence-corrected chi connectivity index (χ1v) is 9.26. The minimum absolute atomic E-state index is 0.137. The monoisotopic (exact) mass is 389 g/mol. The van der Waals surface area contributed by atoms with Crippen LogP contribution < -0.4 is 11.1 Å². The summed E-state index contributed by atoms with van der Waals surface area (Å²) in [6.07, 6.45) is 1.38. The Labute approximate surface area is 165 Å². The lowest BCUT2D eigenvalue weighted by atomic mass is 10.2. The zero-order chi connectivity index (χ0) is 20.4. The largest absolute Gasteiger partial charge is 0.334 e. The van der Waals surface area contributed by atoms with E-state index in [0.717, 1.165) is 0 Å². The maximum atomic E-state index is 12.8. The summed E-state index contributed by atoms with van der Waals surface area (Å²) in [5, 5.41) is 0.964. The van der Waals surface area contributed by atoms with E-state index in [1.54, 1.807) is 48.5 Å². The second-order valence-electron chi connectivity index (χ2n) is 6.63. The Bertz CT molecular complexity index is 1330. The van der Waals surface area contributed by atoms with Gasteiger partial charge in [0, 0.05) is 6.54 Å². The second-order valence-corrected chi connectivity index (χ2v) is 6.63. The normalized spacial score (nSPS) is 11.1. The van der Waals surface area contributed by atoms with Crippen molar-refractivity contribution < 1.29 is 4.79 Å². The third-order valence-corrected chi connectivity index (χ3v) is 4.77. The van der Waals surface area contributed by atoms with Crippen molar-refractivity contribution in [1.29, 1.82) is 0 Å². The standard InChI is InChI=1S/C21H19N5O3/c1-2-25(11-18-23-17-10-6-3-7-14(17)20(28)24-18)19(27)12-26-13-22-16-9-5-4-8-15(16)21(26)29/h3-10,13H,2,11-12H2,1H3,(H,23,24,28). The quantitative estimate of drug-likeness (QED) is 0.560. The van der Waals surface area contributed by atoms with Crippen LogP contribution in [0.25, 0.3) is 21.8 Å². The lowest BCUT2D eigenvalue weighted by Crippen LogP contribution is -2.37. The van der Waals surface area contributed by atoms with Crippen LogP contribution in [0.5, 0.6) is 0 Å². The Morgan fingerprint density at radius 2 is 1.72 bits per heavy atom. The van der Waals surface area contributed by atoms with Crippen molar-refractivity contribution in [2.75, 3.05) is 6.54 Å². The average molecular weight is 389 g/mol. The topological polar surface area (TPSA) is 101 Å². The smallest absolute Gasteiger partial charge is 0.261 e. The number of aromatic nitrogens is 4. The number of hydrogen-bond acceptors (Lipinski definition) is 5. The number of amides is 1. The maximum Gasteiger partial charge on any atom is 0.261 e. The van der Waals surface area contributed by atoms with E-state index in [1.165, 1.54) is 15.8 Å². The van der Waals surface area contributed by atoms with Crippen molar-refractivity contribution in [3.8, 4) is 0 Å². The van der Waals surface area contributed by atoms with Crippen molar-refractivity contribution in [3.63, 3.8) is 0 Å². The van der Waals surface area contributed by atoms with Crippen molar-refractivity contribution in [2.24, 2.45) is 0 Å². The predicted octanol–water partition coefficient (Wildman–Crippen LogP) is 1.68. The molecule has 2 aromatic heterocycles. The van der Waals surface area contributed by atoms with Crippen LogP contribution in [0.4, 0.5) is 0 Å². The summed E-state index contributed by atoms with van der Waals surface area (Å²) in [4.78, 5) is 50.6. The van der Waals surface area contributed by atoms with Crippen LogP contribution in [0, 0.1) is 0 Å². The van der Waals surface area contributed by atoms with Gasteiger partial charge in [0.05, 0.1) is 34.7 Å². The fraction of sp³-hybridized carbons (Fsp3) is 0.190. The van der Waals surface area contributed by atoms with Gasteiger partial charge in [0.15, 0.2) is 0 Å². The molecule has 0 saturated carbocycles. The number of para-hydroxylation sites is 2. The summed E-state index contributed by atoms with van der Waals surface area (Å²) in [5.41, 5.74) is 0.650. The number of nitrogens with zero attached hydrogens (tertiary/aromatic N) is 4. The molecule has 4 rings (SSSR count). The van der Waals surface area contributed by atoms with Crippen LogP contribution in [-0.4, -0.2) is 36.9 Å². The summed E-state index contributed by atoms with van der Waals surface area (Å²) < 4.78 is 1.30. The van der Waals surface area contributed by atoms with E-state index in [0.29, 0.717) is 34.2 Å². The number of fused-ring (bicyclic) bond motifs is 2. The molecule has 2 aromatic carbocycles. The number of H-pyrrole nitrogens is 1. The summed E-state index contributed by atoms with van der Waals surface area (Å²) in [6.45, 7) is 2.25. The number of aromatic amines is 1. The Balaban J connectivity index is 1.58. The molecular weight excluding hydrogens is 370 g/mol. The van der Waals surface area contributed by atoms with E-state index in [9.17, 15) is 14.4 Å². The predicted molar refractivity (Wildman–Crippen MR) is 109 cm³/mol. The number of hydrogen-bond donors (Lipinski definition) is 1. The molecule has 0 radical (unpaired) electrons. The van der Waals surface area contributed by atoms with Gasteiger partial charge in [0.2, 0.25) is 5.91 Å². The minimum atomic E-state index is -0.266. The molecule has 0 bridgehead atoms. The third kappa shape index (κ3) is 3.64. The van der Waals surface area contributed by atoms with E-state index >= 15 is 0 Å². The molecule has 4 aromatic rings. The number of rotatable bonds is 5. The molecule has 8 heteroatoms. The van der Waals surface area contributed by atoms with Gasteiger partial charge < -0.3 is 9.88 Å². The van der Waals surface area contributed by atoms with Gasteiger partial charge in [-0.25, -0.2) is 9.97 Å². The molecule has 29 heavy (non-hydrogen) atoms. The van der Waals surface area contributed by atoms with Gasteiger partial charge in [-0.15, -0.1) is 0 Å². The Morgan fingerprint density at radius 1 is 1.03 bits per heavy atom. The van der Waals surface area contributed by atoms with Gasteiger partial charge in [-0.1, -0.05) is 24.3 Å². The Hall–Kier alpha value is -3.81. The fourth-order valence-corrected chi connectivity index (χ4v) is 3.23. The molecule has 0 fully saturated rings. The van der Waals surface area contributed by atoms with Crippen LogP contribution in [-0.2, 0) is 17.9 Å². The van der Waals surface area contributed by atoms with E-state index in [2.05, 4.69) is 15.0 Å². The minimum Gasteiger partial charge on any atom is -0.334 e. The van der Waals surface area contributed by atoms with Crippen molar-refractivity contribution in [2.45, 2.75) is 20.0 Å². The third-order valence-electron chi connectivity index (χ3n) is 4.77. The van der Waals surface area contributed by atoms with Crippen molar-refractivity contribution in [3.05, 3.63) is 81.4 Å². The van der Waals surface area contributed by atoms with Crippen LogP contribution >= 0.6 is 0 Å². The number of likely N-dealkylation sites (N-methyl/N-ethyl adjacent to an activating group) is 1. The van der Waals surface area contributed by atoms with E-state index in [1.807, 2.05) is 6.92 Å². The number of benzene rings is 2. The molecule has 1 N–H and O–H groups in total. The summed E-state index contributed by atoms with van der Waals surface area (Å²) >= 11 is 0. The molecule has 0 atom stereocenters. The molecular formula is C21H19N5O3. The highest BCUT2D eigenvalue weighted by Crippen LogP contribution is 2.08. The van der Waals surface area contributed by atoms with E-state index < -0.39 is 0 Å². The summed E-state index contributed by atoms with van der Waals surface area (Å²) in [6, 6.07) is 14.0. The first-order chi connectivity index (χ1) is 14.1. The van der Waals surface area contributed by atoms with Gasteiger partial charge in [0.1, 0.15) is 12.4 Å². The maximum absolute atomic E-state index is 12.8. The molecule has 0 aliphatic carbocycles. The van der Waals surface area contributed by atoms with Crippen molar-refractivity contribution >= 4 is 27.7 Å². The average Bonchev–Trinajstić information content (AvgIpc) is 2.74. The zero-order valence-corrected chi connectivity index (χ0v) is 15.8. The molecule has 8 nitrogen and oxygen atoms in total.